The predicted molar refractivity (Wildman–Crippen MR) is 122 cm³/mol. The number of aromatic nitrogens is 2. The highest BCUT2D eigenvalue weighted by Gasteiger charge is 2.26. The molecule has 0 amide bonds. The maximum atomic E-state index is 13.3. The summed E-state index contributed by atoms with van der Waals surface area (Å²) in [7, 11) is 0. The molecule has 0 radical (unpaired) electrons. The molecule has 1 aromatic heterocycles. The van der Waals surface area contributed by atoms with Gasteiger partial charge in [-0.1, -0.05) is 47.8 Å². The van der Waals surface area contributed by atoms with Gasteiger partial charge < -0.3 is 5.73 Å². The molecule has 4 nitrogen and oxygen atoms in total. The van der Waals surface area contributed by atoms with E-state index in [2.05, 4.69) is 52.9 Å². The van der Waals surface area contributed by atoms with E-state index in [4.69, 9.17) is 5.73 Å². The third kappa shape index (κ3) is 3.90. The van der Waals surface area contributed by atoms with E-state index in [-0.39, 0.29) is 5.78 Å². The van der Waals surface area contributed by atoms with Crippen molar-refractivity contribution in [2.75, 3.05) is 12.0 Å². The van der Waals surface area contributed by atoms with Gasteiger partial charge in [0.15, 0.2) is 0 Å². The Balaban J connectivity index is 2.22. The number of hydrogen-bond donors (Lipinski definition) is 1. The number of hydrogen-bond acceptors (Lipinski definition) is 4. The Morgan fingerprint density at radius 2 is 1.70 bits per heavy atom. The largest absolute Gasteiger partial charge is 0.383 e. The van der Waals surface area contributed by atoms with Crippen LogP contribution >= 0.6 is 59.6 Å². The third-order valence-corrected chi connectivity index (χ3v) is 6.47. The van der Waals surface area contributed by atoms with Crippen molar-refractivity contribution in [1.29, 1.82) is 0 Å². The number of nitrogens with two attached hydrogens (primary N) is 1. The lowest BCUT2D eigenvalue weighted by molar-refractivity contribution is 0.103. The first-order chi connectivity index (χ1) is 12.7. The Bertz CT molecular complexity index is 1040. The topological polar surface area (TPSA) is 60.9 Å². The molecule has 3 aromatic rings. The lowest BCUT2D eigenvalue weighted by Crippen LogP contribution is -2.10. The number of carbonyl (C=O) groups excluding carboxylic acids is 1. The molecule has 0 saturated heterocycles. The Morgan fingerprint density at radius 1 is 1.07 bits per heavy atom. The molecular weight excluding hydrogens is 558 g/mol. The van der Waals surface area contributed by atoms with Gasteiger partial charge in [-0.3, -0.25) is 4.79 Å². The van der Waals surface area contributed by atoms with E-state index in [0.717, 1.165) is 25.8 Å². The molecule has 2 aromatic carbocycles. The first kappa shape index (κ1) is 20.6. The summed E-state index contributed by atoms with van der Waals surface area (Å²) in [5.74, 6) is 0.174. The van der Waals surface area contributed by atoms with Gasteiger partial charge >= 0.3 is 0 Å². The summed E-state index contributed by atoms with van der Waals surface area (Å²) in [6.45, 7) is 4.00. The Kier molecular flexibility index (Phi) is 6.20. The molecule has 3 rings (SSSR count). The average Bonchev–Trinajstić information content (AvgIpc) is 2.92. The highest BCUT2D eigenvalue weighted by Crippen LogP contribution is 2.34. The van der Waals surface area contributed by atoms with Crippen molar-refractivity contribution >= 4 is 71.2 Å². The fourth-order valence-corrected chi connectivity index (χ4v) is 5.02. The molecule has 1 heterocycles. The minimum absolute atomic E-state index is 0.163. The van der Waals surface area contributed by atoms with Crippen LogP contribution in [-0.4, -0.2) is 21.8 Å². The second-order valence-electron chi connectivity index (χ2n) is 6.02. The van der Waals surface area contributed by atoms with E-state index in [1.807, 2.05) is 44.4 Å². The average molecular weight is 574 g/mol. The van der Waals surface area contributed by atoms with Gasteiger partial charge in [-0.15, -0.1) is 11.8 Å². The zero-order chi connectivity index (χ0) is 19.9. The standard InChI is InChI=1S/C19H16Br3N3OS/c1-9-6-12(21)7-10(2)16(9)25-18(23)15(19(24-25)27-3)17(26)13-8-11(20)4-5-14(13)22/h4-8H,23H2,1-3H3. The summed E-state index contributed by atoms with van der Waals surface area (Å²) >= 11 is 11.8. The Morgan fingerprint density at radius 3 is 2.30 bits per heavy atom. The van der Waals surface area contributed by atoms with E-state index >= 15 is 0 Å². The zero-order valence-electron chi connectivity index (χ0n) is 14.8. The second kappa shape index (κ2) is 8.11. The van der Waals surface area contributed by atoms with Gasteiger partial charge in [-0.25, -0.2) is 4.68 Å². The number of nitrogen functional groups attached to an aromatic ring is 1. The monoisotopic (exact) mass is 571 g/mol. The van der Waals surface area contributed by atoms with Crippen molar-refractivity contribution in [1.82, 2.24) is 9.78 Å². The molecule has 0 saturated carbocycles. The van der Waals surface area contributed by atoms with Gasteiger partial charge in [-0.05, 0) is 61.6 Å². The lowest BCUT2D eigenvalue weighted by Gasteiger charge is -2.12. The van der Waals surface area contributed by atoms with Crippen molar-refractivity contribution in [2.45, 2.75) is 18.9 Å². The maximum Gasteiger partial charge on any atom is 0.200 e. The first-order valence-electron chi connectivity index (χ1n) is 7.94. The van der Waals surface area contributed by atoms with Gasteiger partial charge in [0, 0.05) is 19.0 Å². The van der Waals surface area contributed by atoms with E-state index in [1.54, 1.807) is 10.7 Å². The van der Waals surface area contributed by atoms with Crippen molar-refractivity contribution in [2.24, 2.45) is 0 Å². The van der Waals surface area contributed by atoms with Crippen LogP contribution in [0.3, 0.4) is 0 Å². The zero-order valence-corrected chi connectivity index (χ0v) is 20.4. The molecular formula is C19H16Br3N3OS. The first-order valence-corrected chi connectivity index (χ1v) is 11.5. The molecule has 27 heavy (non-hydrogen) atoms. The van der Waals surface area contributed by atoms with Gasteiger partial charge in [0.1, 0.15) is 10.8 Å². The minimum Gasteiger partial charge on any atom is -0.383 e. The second-order valence-corrected chi connectivity index (χ2v) is 9.50. The molecule has 0 fully saturated rings. The van der Waals surface area contributed by atoms with Crippen LogP contribution in [0.1, 0.15) is 27.0 Å². The minimum atomic E-state index is -0.163. The highest BCUT2D eigenvalue weighted by atomic mass is 79.9. The number of aryl methyl sites for hydroxylation is 2. The molecule has 140 valence electrons. The van der Waals surface area contributed by atoms with Gasteiger partial charge in [0.05, 0.1) is 11.3 Å². The number of thioether (sulfide) groups is 1. The van der Waals surface area contributed by atoms with Crippen LogP contribution in [0.5, 0.6) is 0 Å². The number of anilines is 1. The summed E-state index contributed by atoms with van der Waals surface area (Å²) in [5.41, 5.74) is 10.3. The molecule has 0 atom stereocenters. The number of ketones is 1. The van der Waals surface area contributed by atoms with Gasteiger partial charge in [0.2, 0.25) is 5.78 Å². The SMILES string of the molecule is CSc1nn(-c2c(C)cc(Br)cc2C)c(N)c1C(=O)c1cc(Br)ccc1Br. The van der Waals surface area contributed by atoms with Crippen LogP contribution in [0.15, 0.2) is 48.8 Å². The van der Waals surface area contributed by atoms with Crippen LogP contribution in [0, 0.1) is 13.8 Å². The normalized spacial score (nSPS) is 11.0. The van der Waals surface area contributed by atoms with Crippen LogP contribution in [0.25, 0.3) is 5.69 Å². The van der Waals surface area contributed by atoms with E-state index < -0.39 is 0 Å². The third-order valence-electron chi connectivity index (χ3n) is 4.15. The number of rotatable bonds is 4. The van der Waals surface area contributed by atoms with Crippen LogP contribution in [0.2, 0.25) is 0 Å². The van der Waals surface area contributed by atoms with Gasteiger partial charge in [0.25, 0.3) is 0 Å². The van der Waals surface area contributed by atoms with E-state index in [9.17, 15) is 4.79 Å². The predicted octanol–water partition coefficient (Wildman–Crippen LogP) is 6.31. The molecule has 2 N–H and O–H groups in total. The van der Waals surface area contributed by atoms with Crippen molar-refractivity contribution < 1.29 is 4.79 Å². The molecule has 8 heteroatoms. The van der Waals surface area contributed by atoms with Crippen LogP contribution < -0.4 is 5.73 Å². The quantitative estimate of drug-likeness (QED) is 0.293. The number of halogens is 3. The summed E-state index contributed by atoms with van der Waals surface area (Å²) in [4.78, 5) is 13.3. The highest BCUT2D eigenvalue weighted by molar-refractivity contribution is 9.11. The molecule has 0 bridgehead atoms. The lowest BCUT2D eigenvalue weighted by atomic mass is 10.1. The molecule has 0 aliphatic carbocycles. The molecule has 0 unspecified atom stereocenters. The fourth-order valence-electron chi connectivity index (χ4n) is 2.98. The van der Waals surface area contributed by atoms with Crippen molar-refractivity contribution in [3.05, 3.63) is 66.0 Å². The number of benzene rings is 2. The Labute approximate surface area is 187 Å². The summed E-state index contributed by atoms with van der Waals surface area (Å²) in [5, 5.41) is 5.24. The molecule has 0 aliphatic rings. The Hall–Kier alpha value is -1.09. The fraction of sp³-hybridized carbons (Fsp3) is 0.158. The van der Waals surface area contributed by atoms with Crippen LogP contribution in [-0.2, 0) is 0 Å². The van der Waals surface area contributed by atoms with Gasteiger partial charge in [-0.2, -0.15) is 5.10 Å². The number of carbonyl (C=O) groups is 1. The summed E-state index contributed by atoms with van der Waals surface area (Å²) in [6, 6.07) is 9.50. The molecule has 0 aliphatic heterocycles. The van der Waals surface area contributed by atoms with Crippen molar-refractivity contribution in [3.63, 3.8) is 0 Å². The molecule has 0 spiro atoms. The summed E-state index contributed by atoms with van der Waals surface area (Å²) in [6.07, 6.45) is 1.89. The maximum absolute atomic E-state index is 13.3. The smallest absolute Gasteiger partial charge is 0.200 e. The summed E-state index contributed by atoms with van der Waals surface area (Å²) < 4.78 is 4.20. The number of nitrogens with zero attached hydrogens (tertiary/aromatic N) is 2. The van der Waals surface area contributed by atoms with E-state index in [1.165, 1.54) is 11.8 Å². The van der Waals surface area contributed by atoms with E-state index in [0.29, 0.717) is 26.4 Å². The van der Waals surface area contributed by atoms with Crippen molar-refractivity contribution in [3.8, 4) is 5.69 Å². The van der Waals surface area contributed by atoms with Crippen LogP contribution in [0.4, 0.5) is 5.82 Å².